The van der Waals surface area contributed by atoms with Crippen LogP contribution in [-0.4, -0.2) is 22.2 Å². The molecule has 156 valence electrons. The lowest BCUT2D eigenvalue weighted by Gasteiger charge is -2.02. The van der Waals surface area contributed by atoms with E-state index in [9.17, 15) is 14.7 Å². The van der Waals surface area contributed by atoms with Crippen LogP contribution in [0.25, 0.3) is 17.4 Å². The quantitative estimate of drug-likeness (QED) is 0.444. The zero-order valence-electron chi connectivity index (χ0n) is 16.0. The number of amidine groups is 1. The monoisotopic (exact) mass is 472 g/mol. The number of carbonyl (C=O) groups excluding carboxylic acids is 1. The molecule has 0 atom stereocenters. The SMILES string of the molecule is Cc1c(Cl)cccc1N=C1NC(=O)/C(=C/c2ccc(-c3cc(C(=O)O)ccc3Cl)o2)S1. The summed E-state index contributed by atoms with van der Waals surface area (Å²) in [5.41, 5.74) is 2.04. The van der Waals surface area contributed by atoms with Gasteiger partial charge in [0.05, 0.1) is 21.2 Å². The first-order valence-corrected chi connectivity index (χ1v) is 10.6. The minimum atomic E-state index is -1.06. The third-order valence-electron chi connectivity index (χ3n) is 4.49. The number of hydrogen-bond acceptors (Lipinski definition) is 5. The fourth-order valence-corrected chi connectivity index (χ4v) is 4.05. The minimum Gasteiger partial charge on any atom is -0.478 e. The highest BCUT2D eigenvalue weighted by Crippen LogP contribution is 2.34. The van der Waals surface area contributed by atoms with Crippen molar-refractivity contribution < 1.29 is 19.1 Å². The number of hydrogen-bond donors (Lipinski definition) is 2. The number of nitrogens with one attached hydrogen (secondary N) is 1. The number of furan rings is 1. The molecule has 1 aromatic heterocycles. The number of halogens is 2. The van der Waals surface area contributed by atoms with E-state index >= 15 is 0 Å². The first-order chi connectivity index (χ1) is 14.8. The van der Waals surface area contributed by atoms with Gasteiger partial charge in [-0.1, -0.05) is 29.3 Å². The van der Waals surface area contributed by atoms with Crippen LogP contribution in [-0.2, 0) is 4.79 Å². The fourth-order valence-electron chi connectivity index (χ4n) is 2.86. The molecule has 0 unspecified atom stereocenters. The number of carboxylic acid groups (broad SMARTS) is 1. The number of carboxylic acids is 1. The molecule has 1 amide bonds. The molecular formula is C22H14Cl2N2O4S. The van der Waals surface area contributed by atoms with Crippen LogP contribution < -0.4 is 5.32 Å². The van der Waals surface area contributed by atoms with E-state index in [1.54, 1.807) is 30.3 Å². The number of rotatable bonds is 4. The molecule has 31 heavy (non-hydrogen) atoms. The van der Waals surface area contributed by atoms with Crippen molar-refractivity contribution in [3.05, 3.63) is 80.4 Å². The lowest BCUT2D eigenvalue weighted by molar-refractivity contribution is -0.115. The predicted octanol–water partition coefficient (Wildman–Crippen LogP) is 6.15. The first-order valence-electron chi connectivity index (χ1n) is 8.99. The molecule has 0 spiro atoms. The van der Waals surface area contributed by atoms with Gasteiger partial charge < -0.3 is 14.8 Å². The smallest absolute Gasteiger partial charge is 0.335 e. The van der Waals surface area contributed by atoms with Crippen molar-refractivity contribution in [2.75, 3.05) is 0 Å². The standard InChI is InChI=1S/C22H14Cl2N2O4S/c1-11-15(23)3-2-4-17(11)25-22-26-20(27)19(31-22)10-13-6-8-18(30-13)14-9-12(21(28)29)5-7-16(14)24/h2-10H,1H3,(H,28,29)(H,25,26,27)/b19-10-. The average molecular weight is 473 g/mol. The van der Waals surface area contributed by atoms with Gasteiger partial charge in [-0.2, -0.15) is 0 Å². The number of amides is 1. The largest absolute Gasteiger partial charge is 0.478 e. The second-order valence-corrected chi connectivity index (χ2v) is 8.41. The van der Waals surface area contributed by atoms with Gasteiger partial charge in [0.15, 0.2) is 5.17 Å². The number of thioether (sulfide) groups is 1. The van der Waals surface area contributed by atoms with Crippen LogP contribution in [0.4, 0.5) is 5.69 Å². The Morgan fingerprint density at radius 1 is 1.16 bits per heavy atom. The zero-order valence-corrected chi connectivity index (χ0v) is 18.3. The third kappa shape index (κ3) is 4.54. The molecule has 6 nitrogen and oxygen atoms in total. The number of aromatic carboxylic acids is 1. The Morgan fingerprint density at radius 3 is 2.74 bits per heavy atom. The minimum absolute atomic E-state index is 0.0959. The number of carbonyl (C=O) groups is 2. The van der Waals surface area contributed by atoms with Crippen molar-refractivity contribution in [1.82, 2.24) is 5.32 Å². The second-order valence-electron chi connectivity index (χ2n) is 6.57. The molecule has 3 aromatic rings. The molecule has 9 heteroatoms. The maximum Gasteiger partial charge on any atom is 0.335 e. The molecule has 0 radical (unpaired) electrons. The molecule has 4 rings (SSSR count). The highest BCUT2D eigenvalue weighted by molar-refractivity contribution is 8.18. The molecule has 1 aliphatic heterocycles. The summed E-state index contributed by atoms with van der Waals surface area (Å²) in [7, 11) is 0. The molecule has 0 saturated carbocycles. The van der Waals surface area contributed by atoms with Gasteiger partial charge in [-0.15, -0.1) is 0 Å². The van der Waals surface area contributed by atoms with Gasteiger partial charge in [0.25, 0.3) is 5.91 Å². The lowest BCUT2D eigenvalue weighted by Crippen LogP contribution is -2.19. The number of benzene rings is 2. The van der Waals surface area contributed by atoms with E-state index < -0.39 is 5.97 Å². The molecule has 0 aliphatic carbocycles. The molecule has 2 aromatic carbocycles. The zero-order chi connectivity index (χ0) is 22.1. The van der Waals surface area contributed by atoms with E-state index in [1.165, 1.54) is 30.0 Å². The number of aliphatic imine (C=N–C) groups is 1. The molecule has 1 aliphatic rings. The maximum absolute atomic E-state index is 12.3. The van der Waals surface area contributed by atoms with Gasteiger partial charge >= 0.3 is 5.97 Å². The van der Waals surface area contributed by atoms with Crippen molar-refractivity contribution in [1.29, 1.82) is 0 Å². The Labute approximate surface area is 191 Å². The highest BCUT2D eigenvalue weighted by atomic mass is 35.5. The van der Waals surface area contributed by atoms with E-state index in [2.05, 4.69) is 10.3 Å². The van der Waals surface area contributed by atoms with Gasteiger partial charge in [0.2, 0.25) is 0 Å². The third-order valence-corrected chi connectivity index (χ3v) is 6.14. The summed E-state index contributed by atoms with van der Waals surface area (Å²) in [5, 5.41) is 13.3. The summed E-state index contributed by atoms with van der Waals surface area (Å²) < 4.78 is 5.78. The summed E-state index contributed by atoms with van der Waals surface area (Å²) >= 11 is 13.5. The summed E-state index contributed by atoms with van der Waals surface area (Å²) in [4.78, 5) is 28.4. The average Bonchev–Trinajstić information content (AvgIpc) is 3.32. The molecule has 0 bridgehead atoms. The van der Waals surface area contributed by atoms with Crippen LogP contribution in [0.2, 0.25) is 10.0 Å². The second kappa shape index (κ2) is 8.63. The van der Waals surface area contributed by atoms with Gasteiger partial charge in [-0.25, -0.2) is 9.79 Å². The Morgan fingerprint density at radius 2 is 1.97 bits per heavy atom. The van der Waals surface area contributed by atoms with Gasteiger partial charge in [-0.05, 0) is 66.7 Å². The molecule has 2 heterocycles. The van der Waals surface area contributed by atoms with Gasteiger partial charge in [0, 0.05) is 16.7 Å². The van der Waals surface area contributed by atoms with Crippen molar-refractivity contribution >= 4 is 63.8 Å². The van der Waals surface area contributed by atoms with Crippen LogP contribution >= 0.6 is 35.0 Å². The van der Waals surface area contributed by atoms with E-state index in [0.717, 1.165) is 5.56 Å². The molecular weight excluding hydrogens is 459 g/mol. The lowest BCUT2D eigenvalue weighted by atomic mass is 10.1. The van der Waals surface area contributed by atoms with Crippen molar-refractivity contribution in [3.63, 3.8) is 0 Å². The molecule has 1 fully saturated rings. The fraction of sp³-hybridized carbons (Fsp3) is 0.0455. The molecule has 1 saturated heterocycles. The normalized spacial score (nSPS) is 16.2. The first kappa shape index (κ1) is 21.2. The Bertz CT molecular complexity index is 1280. The van der Waals surface area contributed by atoms with Crippen molar-refractivity contribution in [3.8, 4) is 11.3 Å². The maximum atomic E-state index is 12.3. The van der Waals surface area contributed by atoms with Crippen LogP contribution in [0.1, 0.15) is 21.7 Å². The summed E-state index contributed by atoms with van der Waals surface area (Å²) in [6, 6.07) is 13.1. The van der Waals surface area contributed by atoms with Gasteiger partial charge in [0.1, 0.15) is 11.5 Å². The topological polar surface area (TPSA) is 91.9 Å². The number of nitrogens with zero attached hydrogens (tertiary/aromatic N) is 1. The van der Waals surface area contributed by atoms with E-state index in [4.69, 9.17) is 27.6 Å². The van der Waals surface area contributed by atoms with Crippen molar-refractivity contribution in [2.24, 2.45) is 4.99 Å². The van der Waals surface area contributed by atoms with Crippen LogP contribution in [0.5, 0.6) is 0 Å². The summed E-state index contributed by atoms with van der Waals surface area (Å²) in [6.07, 6.45) is 1.59. The summed E-state index contributed by atoms with van der Waals surface area (Å²) in [5.74, 6) is -0.545. The van der Waals surface area contributed by atoms with E-state index in [-0.39, 0.29) is 11.5 Å². The van der Waals surface area contributed by atoms with E-state index in [0.29, 0.717) is 42.9 Å². The van der Waals surface area contributed by atoms with Crippen LogP contribution in [0, 0.1) is 6.92 Å². The highest BCUT2D eigenvalue weighted by Gasteiger charge is 2.25. The van der Waals surface area contributed by atoms with Crippen molar-refractivity contribution in [2.45, 2.75) is 6.92 Å². The Balaban J connectivity index is 1.59. The Kier molecular flexibility index (Phi) is 5.91. The van der Waals surface area contributed by atoms with Gasteiger partial charge in [-0.3, -0.25) is 4.79 Å². The summed E-state index contributed by atoms with van der Waals surface area (Å²) in [6.45, 7) is 1.86. The van der Waals surface area contributed by atoms with Crippen LogP contribution in [0.15, 0.2) is 62.8 Å². The predicted molar refractivity (Wildman–Crippen MR) is 123 cm³/mol. The van der Waals surface area contributed by atoms with E-state index in [1.807, 2.05) is 13.0 Å². The molecule has 2 N–H and O–H groups in total. The Hall–Kier alpha value is -3.00. The van der Waals surface area contributed by atoms with Crippen LogP contribution in [0.3, 0.4) is 0 Å².